The Labute approximate surface area is 165 Å². The minimum absolute atomic E-state index is 0.141. The van der Waals surface area contributed by atoms with Crippen LogP contribution in [0.1, 0.15) is 55.5 Å². The number of carbonyl (C=O) groups is 2. The van der Waals surface area contributed by atoms with E-state index < -0.39 is 0 Å². The highest BCUT2D eigenvalue weighted by Crippen LogP contribution is 2.18. The molecule has 2 aromatic rings. The van der Waals surface area contributed by atoms with Crippen LogP contribution in [0.4, 0.5) is 0 Å². The van der Waals surface area contributed by atoms with Crippen molar-refractivity contribution < 1.29 is 18.7 Å². The fourth-order valence-corrected chi connectivity index (χ4v) is 3.14. The maximum Gasteiger partial charge on any atom is 0.306 e. The van der Waals surface area contributed by atoms with Crippen molar-refractivity contribution >= 4 is 22.8 Å². The number of unbranched alkanes of at least 4 members (excludes halogenated alkanes) is 3. The summed E-state index contributed by atoms with van der Waals surface area (Å²) in [7, 11) is 0. The summed E-state index contributed by atoms with van der Waals surface area (Å²) in [6.07, 6.45) is 12.4. The van der Waals surface area contributed by atoms with Crippen LogP contribution in [0.5, 0.6) is 0 Å². The number of esters is 1. The Morgan fingerprint density at radius 3 is 2.75 bits per heavy atom. The molecule has 3 rings (SSSR count). The van der Waals surface area contributed by atoms with Crippen molar-refractivity contribution in [2.45, 2.75) is 44.9 Å². The molecule has 148 valence electrons. The lowest BCUT2D eigenvalue weighted by molar-refractivity contribution is -0.142. The van der Waals surface area contributed by atoms with Gasteiger partial charge in [-0.2, -0.15) is 0 Å². The summed E-state index contributed by atoms with van der Waals surface area (Å²) >= 11 is 0. The number of hydrogen-bond donors (Lipinski definition) is 1. The average Bonchev–Trinajstić information content (AvgIpc) is 3.16. The van der Waals surface area contributed by atoms with E-state index in [0.717, 1.165) is 55.1 Å². The minimum Gasteiger partial charge on any atom is -0.461 e. The van der Waals surface area contributed by atoms with Crippen molar-refractivity contribution in [1.29, 1.82) is 0 Å². The molecular weight excluding hydrogens is 354 g/mol. The molecule has 0 atom stereocenters. The molecule has 1 aromatic heterocycles. The van der Waals surface area contributed by atoms with E-state index in [1.54, 1.807) is 6.07 Å². The molecule has 0 saturated heterocycles. The third kappa shape index (κ3) is 6.12. The molecule has 1 aliphatic rings. The molecule has 1 amide bonds. The second-order valence-electron chi connectivity index (χ2n) is 6.99. The highest BCUT2D eigenvalue weighted by atomic mass is 16.5. The number of rotatable bonds is 10. The third-order valence-electron chi connectivity index (χ3n) is 4.71. The quantitative estimate of drug-likeness (QED) is 0.468. The molecule has 0 aliphatic heterocycles. The van der Waals surface area contributed by atoms with Crippen LogP contribution in [0.15, 0.2) is 58.6 Å². The van der Waals surface area contributed by atoms with Crippen molar-refractivity contribution in [2.75, 3.05) is 13.2 Å². The molecule has 0 spiro atoms. The van der Waals surface area contributed by atoms with E-state index in [-0.39, 0.29) is 11.9 Å². The van der Waals surface area contributed by atoms with Crippen molar-refractivity contribution in [1.82, 2.24) is 5.32 Å². The Morgan fingerprint density at radius 1 is 1.07 bits per heavy atom. The highest BCUT2D eigenvalue weighted by molar-refractivity contribution is 5.96. The predicted molar refractivity (Wildman–Crippen MR) is 109 cm³/mol. The fraction of sp³-hybridized carbons (Fsp3) is 0.391. The molecule has 0 saturated carbocycles. The lowest BCUT2D eigenvalue weighted by Crippen LogP contribution is -2.23. The van der Waals surface area contributed by atoms with Crippen LogP contribution in [-0.2, 0) is 9.53 Å². The van der Waals surface area contributed by atoms with Crippen LogP contribution in [0.3, 0.4) is 0 Å². The first-order chi connectivity index (χ1) is 13.7. The monoisotopic (exact) mass is 381 g/mol. The predicted octanol–water partition coefficient (Wildman–Crippen LogP) is 4.93. The molecule has 5 heteroatoms. The van der Waals surface area contributed by atoms with Gasteiger partial charge >= 0.3 is 5.97 Å². The largest absolute Gasteiger partial charge is 0.461 e. The molecule has 1 N–H and O–H groups in total. The Morgan fingerprint density at radius 2 is 1.93 bits per heavy atom. The molecule has 1 heterocycles. The van der Waals surface area contributed by atoms with Gasteiger partial charge in [-0.15, -0.1) is 0 Å². The van der Waals surface area contributed by atoms with E-state index in [1.807, 2.05) is 30.3 Å². The number of allylic oxidation sites excluding steroid dienone is 2. The highest BCUT2D eigenvalue weighted by Gasteiger charge is 2.11. The van der Waals surface area contributed by atoms with Crippen molar-refractivity contribution in [3.05, 3.63) is 59.9 Å². The summed E-state index contributed by atoms with van der Waals surface area (Å²) in [6, 6.07) is 9.33. The first kappa shape index (κ1) is 19.9. The molecule has 0 unspecified atom stereocenters. The van der Waals surface area contributed by atoms with Crippen LogP contribution in [-0.4, -0.2) is 25.0 Å². The maximum absolute atomic E-state index is 12.1. The topological polar surface area (TPSA) is 68.5 Å². The Kier molecular flexibility index (Phi) is 7.47. The minimum atomic E-state index is -0.189. The summed E-state index contributed by atoms with van der Waals surface area (Å²) in [5.41, 5.74) is 1.80. The smallest absolute Gasteiger partial charge is 0.306 e. The zero-order chi connectivity index (χ0) is 19.6. The van der Waals surface area contributed by atoms with Crippen LogP contribution in [0.25, 0.3) is 11.0 Å². The van der Waals surface area contributed by atoms with Gasteiger partial charge in [0, 0.05) is 18.4 Å². The zero-order valence-corrected chi connectivity index (χ0v) is 16.1. The van der Waals surface area contributed by atoms with Crippen molar-refractivity contribution in [3.8, 4) is 0 Å². The lowest BCUT2D eigenvalue weighted by Gasteiger charge is -2.08. The van der Waals surface area contributed by atoms with Gasteiger partial charge in [-0.25, -0.2) is 0 Å². The summed E-state index contributed by atoms with van der Waals surface area (Å²) in [5.74, 6) is 0.00998. The van der Waals surface area contributed by atoms with E-state index in [4.69, 9.17) is 9.15 Å². The molecule has 1 aliphatic carbocycles. The second kappa shape index (κ2) is 10.5. The van der Waals surface area contributed by atoms with E-state index in [9.17, 15) is 9.59 Å². The Hall–Kier alpha value is -2.82. The van der Waals surface area contributed by atoms with Gasteiger partial charge in [0.2, 0.25) is 0 Å². The molecule has 0 radical (unpaired) electrons. The van der Waals surface area contributed by atoms with Crippen LogP contribution >= 0.6 is 0 Å². The maximum atomic E-state index is 12.1. The van der Waals surface area contributed by atoms with Crippen LogP contribution < -0.4 is 5.32 Å². The SMILES string of the molecule is O=C(CCCCCCNC(=O)c1cc2ccccc2o1)OCC1=CCCC=C1. The zero-order valence-electron chi connectivity index (χ0n) is 16.1. The van der Waals surface area contributed by atoms with E-state index in [0.29, 0.717) is 25.3 Å². The van der Waals surface area contributed by atoms with Gasteiger partial charge in [0.05, 0.1) is 0 Å². The molecule has 5 nitrogen and oxygen atoms in total. The lowest BCUT2D eigenvalue weighted by atomic mass is 10.1. The summed E-state index contributed by atoms with van der Waals surface area (Å²) in [5, 5.41) is 3.81. The third-order valence-corrected chi connectivity index (χ3v) is 4.71. The van der Waals surface area contributed by atoms with Gasteiger partial charge in [-0.05, 0) is 43.4 Å². The molecule has 0 fully saturated rings. The summed E-state index contributed by atoms with van der Waals surface area (Å²) in [6.45, 7) is 0.976. The van der Waals surface area contributed by atoms with Gasteiger partial charge in [0.25, 0.3) is 5.91 Å². The van der Waals surface area contributed by atoms with E-state index in [2.05, 4.69) is 17.5 Å². The normalized spacial score (nSPS) is 13.4. The molecule has 28 heavy (non-hydrogen) atoms. The number of ether oxygens (including phenoxy) is 1. The van der Waals surface area contributed by atoms with Gasteiger partial charge in [0.15, 0.2) is 5.76 Å². The number of amides is 1. The van der Waals surface area contributed by atoms with Crippen molar-refractivity contribution in [2.24, 2.45) is 0 Å². The number of hydrogen-bond acceptors (Lipinski definition) is 4. The molecule has 0 bridgehead atoms. The number of para-hydroxylation sites is 1. The molecular formula is C23H27NO4. The van der Waals surface area contributed by atoms with Crippen LogP contribution in [0, 0.1) is 0 Å². The number of benzene rings is 1. The first-order valence-electron chi connectivity index (χ1n) is 10.0. The van der Waals surface area contributed by atoms with E-state index in [1.165, 1.54) is 0 Å². The van der Waals surface area contributed by atoms with Gasteiger partial charge in [-0.1, -0.05) is 49.3 Å². The van der Waals surface area contributed by atoms with Crippen LogP contribution in [0.2, 0.25) is 0 Å². The van der Waals surface area contributed by atoms with Gasteiger partial charge < -0.3 is 14.5 Å². The van der Waals surface area contributed by atoms with Gasteiger partial charge in [0.1, 0.15) is 12.2 Å². The number of nitrogens with one attached hydrogen (secondary N) is 1. The summed E-state index contributed by atoms with van der Waals surface area (Å²) < 4.78 is 10.8. The average molecular weight is 381 g/mol. The summed E-state index contributed by atoms with van der Waals surface area (Å²) in [4.78, 5) is 23.9. The molecule has 1 aromatic carbocycles. The number of furan rings is 1. The van der Waals surface area contributed by atoms with Crippen molar-refractivity contribution in [3.63, 3.8) is 0 Å². The van der Waals surface area contributed by atoms with E-state index >= 15 is 0 Å². The first-order valence-corrected chi connectivity index (χ1v) is 10.0. The fourth-order valence-electron chi connectivity index (χ4n) is 3.14. The number of carbonyl (C=O) groups excluding carboxylic acids is 2. The Bertz CT molecular complexity index is 829. The standard InChI is InChI=1S/C23H27NO4/c25-22(27-17-18-10-4-3-5-11-18)14-6-1-2-9-15-24-23(26)21-16-19-12-7-8-13-20(19)28-21/h4,7-8,10-13,16H,1-3,5-6,9,14-15,17H2,(H,24,26). The second-order valence-corrected chi connectivity index (χ2v) is 6.99. The van der Waals surface area contributed by atoms with Gasteiger partial charge in [-0.3, -0.25) is 9.59 Å². The number of fused-ring (bicyclic) bond motifs is 1. The Balaban J connectivity index is 1.23.